The van der Waals surface area contributed by atoms with Crippen LogP contribution in [0.2, 0.25) is 0 Å². The van der Waals surface area contributed by atoms with Crippen molar-refractivity contribution < 1.29 is 14.3 Å². The van der Waals surface area contributed by atoms with Crippen molar-refractivity contribution >= 4 is 23.5 Å². The van der Waals surface area contributed by atoms with Crippen LogP contribution in [0.4, 0.5) is 0 Å². The maximum absolute atomic E-state index is 12.8. The van der Waals surface area contributed by atoms with E-state index in [0.29, 0.717) is 24.4 Å². The maximum atomic E-state index is 12.8. The van der Waals surface area contributed by atoms with Gasteiger partial charge in [0.05, 0.1) is 7.11 Å². The van der Waals surface area contributed by atoms with E-state index in [4.69, 9.17) is 4.74 Å². The summed E-state index contributed by atoms with van der Waals surface area (Å²) in [7, 11) is 1.60. The summed E-state index contributed by atoms with van der Waals surface area (Å²) in [5, 5.41) is 5.66. The number of amides is 2. The molecule has 2 rings (SSSR count). The van der Waals surface area contributed by atoms with Crippen molar-refractivity contribution in [3.8, 4) is 5.75 Å². The molecule has 0 aliphatic carbocycles. The first-order valence-electron chi connectivity index (χ1n) is 8.99. The highest BCUT2D eigenvalue weighted by Crippen LogP contribution is 2.24. The Morgan fingerprint density at radius 1 is 0.963 bits per heavy atom. The molecule has 0 atom stereocenters. The number of rotatable bonds is 8. The molecule has 5 heteroatoms. The minimum Gasteiger partial charge on any atom is -0.496 e. The number of nitrogens with one attached hydrogen (secondary N) is 2. The molecule has 2 aromatic rings. The topological polar surface area (TPSA) is 67.4 Å². The number of para-hydroxylation sites is 1. The first kappa shape index (κ1) is 20.2. The predicted octanol–water partition coefficient (Wildman–Crippen LogP) is 3.12. The Bertz CT molecular complexity index is 798. The van der Waals surface area contributed by atoms with E-state index in [2.05, 4.69) is 10.6 Å². The van der Waals surface area contributed by atoms with Crippen molar-refractivity contribution in [2.75, 3.05) is 20.2 Å². The van der Waals surface area contributed by atoms with Crippen molar-refractivity contribution in [1.82, 2.24) is 10.6 Å². The lowest BCUT2D eigenvalue weighted by Gasteiger charge is -2.12. The average Bonchev–Trinajstić information content (AvgIpc) is 2.69. The van der Waals surface area contributed by atoms with Crippen LogP contribution in [0.5, 0.6) is 5.75 Å². The molecule has 0 aliphatic heterocycles. The Balaban J connectivity index is 2.17. The number of hydrogen-bond acceptors (Lipinski definition) is 3. The van der Waals surface area contributed by atoms with Crippen LogP contribution in [-0.4, -0.2) is 32.0 Å². The SMILES string of the molecule is COc1ccccc1/C=C(/C(=O)NCCNC(=O)C(C)C)c1ccccc1. The third-order valence-corrected chi connectivity index (χ3v) is 4.00. The van der Waals surface area contributed by atoms with Crippen LogP contribution in [0.1, 0.15) is 25.0 Å². The maximum Gasteiger partial charge on any atom is 0.251 e. The Kier molecular flexibility index (Phi) is 7.62. The number of ether oxygens (including phenoxy) is 1. The molecule has 0 fully saturated rings. The zero-order valence-corrected chi connectivity index (χ0v) is 16.0. The molecule has 0 heterocycles. The summed E-state index contributed by atoms with van der Waals surface area (Å²) in [5.74, 6) is 0.386. The van der Waals surface area contributed by atoms with Gasteiger partial charge in [-0.3, -0.25) is 9.59 Å². The van der Waals surface area contributed by atoms with Gasteiger partial charge in [-0.1, -0.05) is 62.4 Å². The van der Waals surface area contributed by atoms with Crippen LogP contribution in [-0.2, 0) is 9.59 Å². The highest BCUT2D eigenvalue weighted by Gasteiger charge is 2.13. The second-order valence-electron chi connectivity index (χ2n) is 6.37. The Labute approximate surface area is 160 Å². The first-order chi connectivity index (χ1) is 13.0. The molecule has 0 unspecified atom stereocenters. The van der Waals surface area contributed by atoms with Gasteiger partial charge in [-0.2, -0.15) is 0 Å². The van der Waals surface area contributed by atoms with E-state index in [-0.39, 0.29) is 17.7 Å². The molecule has 2 aromatic carbocycles. The van der Waals surface area contributed by atoms with Crippen LogP contribution in [0.3, 0.4) is 0 Å². The van der Waals surface area contributed by atoms with E-state index in [1.807, 2.05) is 74.5 Å². The minimum atomic E-state index is -0.203. The molecule has 2 N–H and O–H groups in total. The lowest BCUT2D eigenvalue weighted by atomic mass is 10.0. The Hall–Kier alpha value is -3.08. The van der Waals surface area contributed by atoms with Crippen LogP contribution in [0.25, 0.3) is 11.6 Å². The van der Waals surface area contributed by atoms with Gasteiger partial charge in [0.25, 0.3) is 5.91 Å². The molecule has 5 nitrogen and oxygen atoms in total. The molecule has 0 bridgehead atoms. The molecule has 0 radical (unpaired) electrons. The zero-order valence-electron chi connectivity index (χ0n) is 16.0. The fourth-order valence-electron chi connectivity index (χ4n) is 2.50. The van der Waals surface area contributed by atoms with E-state index in [1.165, 1.54) is 0 Å². The van der Waals surface area contributed by atoms with Gasteiger partial charge >= 0.3 is 0 Å². The number of hydrogen-bond donors (Lipinski definition) is 2. The van der Waals surface area contributed by atoms with Crippen molar-refractivity contribution in [2.24, 2.45) is 5.92 Å². The average molecular weight is 366 g/mol. The van der Waals surface area contributed by atoms with Gasteiger partial charge in [0.1, 0.15) is 5.75 Å². The van der Waals surface area contributed by atoms with Gasteiger partial charge in [0.15, 0.2) is 0 Å². The largest absolute Gasteiger partial charge is 0.496 e. The number of carbonyl (C=O) groups is 2. The Morgan fingerprint density at radius 3 is 2.26 bits per heavy atom. The molecule has 27 heavy (non-hydrogen) atoms. The quantitative estimate of drug-likeness (QED) is 0.428. The van der Waals surface area contributed by atoms with Crippen LogP contribution in [0.15, 0.2) is 54.6 Å². The number of benzene rings is 2. The zero-order chi connectivity index (χ0) is 19.6. The smallest absolute Gasteiger partial charge is 0.251 e. The monoisotopic (exact) mass is 366 g/mol. The third kappa shape index (κ3) is 5.99. The van der Waals surface area contributed by atoms with E-state index in [9.17, 15) is 9.59 Å². The molecular weight excluding hydrogens is 340 g/mol. The van der Waals surface area contributed by atoms with Crippen molar-refractivity contribution in [1.29, 1.82) is 0 Å². The van der Waals surface area contributed by atoms with Gasteiger partial charge < -0.3 is 15.4 Å². The summed E-state index contributed by atoms with van der Waals surface area (Å²) < 4.78 is 5.39. The fraction of sp³-hybridized carbons (Fsp3) is 0.273. The van der Waals surface area contributed by atoms with Crippen molar-refractivity contribution in [2.45, 2.75) is 13.8 Å². The molecule has 142 valence electrons. The summed E-state index contributed by atoms with van der Waals surface area (Å²) in [6.45, 7) is 4.40. The summed E-state index contributed by atoms with van der Waals surface area (Å²) in [4.78, 5) is 24.4. The van der Waals surface area contributed by atoms with E-state index in [1.54, 1.807) is 7.11 Å². The van der Waals surface area contributed by atoms with E-state index >= 15 is 0 Å². The lowest BCUT2D eigenvalue weighted by molar-refractivity contribution is -0.124. The molecule has 0 aliphatic rings. The van der Waals surface area contributed by atoms with Crippen LogP contribution >= 0.6 is 0 Å². The van der Waals surface area contributed by atoms with E-state index in [0.717, 1.165) is 11.1 Å². The van der Waals surface area contributed by atoms with Gasteiger partial charge in [0.2, 0.25) is 5.91 Å². The fourth-order valence-corrected chi connectivity index (χ4v) is 2.50. The second kappa shape index (κ2) is 10.2. The third-order valence-electron chi connectivity index (χ3n) is 4.00. The summed E-state index contributed by atoms with van der Waals surface area (Å²) in [6.07, 6.45) is 1.82. The first-order valence-corrected chi connectivity index (χ1v) is 8.99. The van der Waals surface area contributed by atoms with Gasteiger partial charge in [-0.25, -0.2) is 0 Å². The van der Waals surface area contributed by atoms with Crippen molar-refractivity contribution in [3.63, 3.8) is 0 Å². The molecule has 0 aromatic heterocycles. The second-order valence-corrected chi connectivity index (χ2v) is 6.37. The van der Waals surface area contributed by atoms with Crippen molar-refractivity contribution in [3.05, 3.63) is 65.7 Å². The molecule has 0 saturated heterocycles. The Morgan fingerprint density at radius 2 is 1.59 bits per heavy atom. The van der Waals surface area contributed by atoms with E-state index < -0.39 is 0 Å². The summed E-state index contributed by atoms with van der Waals surface area (Å²) in [5.41, 5.74) is 2.17. The standard InChI is InChI=1S/C22H26N2O3/c1-16(2)21(25)23-13-14-24-22(26)19(17-9-5-4-6-10-17)15-18-11-7-8-12-20(18)27-3/h4-12,15-16H,13-14H2,1-3H3,(H,23,25)(H,24,26)/b19-15+. The normalized spacial score (nSPS) is 11.2. The molecular formula is C22H26N2O3. The minimum absolute atomic E-state index is 0.0305. The number of carbonyl (C=O) groups excluding carboxylic acids is 2. The summed E-state index contributed by atoms with van der Waals surface area (Å²) in [6, 6.07) is 17.0. The van der Waals surface area contributed by atoms with Crippen LogP contribution < -0.4 is 15.4 Å². The molecule has 2 amide bonds. The highest BCUT2D eigenvalue weighted by atomic mass is 16.5. The van der Waals surface area contributed by atoms with Gasteiger partial charge in [-0.05, 0) is 17.7 Å². The van der Waals surface area contributed by atoms with Crippen LogP contribution in [0, 0.1) is 5.92 Å². The van der Waals surface area contributed by atoms with Gasteiger partial charge in [0, 0.05) is 30.1 Å². The molecule has 0 spiro atoms. The summed E-state index contributed by atoms with van der Waals surface area (Å²) >= 11 is 0. The highest BCUT2D eigenvalue weighted by molar-refractivity contribution is 6.24. The lowest BCUT2D eigenvalue weighted by Crippen LogP contribution is -2.36. The predicted molar refractivity (Wildman–Crippen MR) is 108 cm³/mol. The molecule has 0 saturated carbocycles. The number of methoxy groups -OCH3 is 1. The van der Waals surface area contributed by atoms with Gasteiger partial charge in [-0.15, -0.1) is 0 Å².